The van der Waals surface area contributed by atoms with E-state index in [0.717, 1.165) is 30.3 Å². The second kappa shape index (κ2) is 7.20. The van der Waals surface area contributed by atoms with Crippen LogP contribution in [0.2, 0.25) is 5.02 Å². The van der Waals surface area contributed by atoms with Crippen molar-refractivity contribution in [2.24, 2.45) is 0 Å². The predicted octanol–water partition coefficient (Wildman–Crippen LogP) is 4.48. The molecule has 1 N–H and O–H groups in total. The zero-order chi connectivity index (χ0) is 19.0. The van der Waals surface area contributed by atoms with Crippen LogP contribution in [-0.2, 0) is 13.0 Å². The summed E-state index contributed by atoms with van der Waals surface area (Å²) in [5.74, 6) is -0.328. The summed E-state index contributed by atoms with van der Waals surface area (Å²) in [7, 11) is 0. The fraction of sp³-hybridized carbons (Fsp3) is 0.273. The van der Waals surface area contributed by atoms with Crippen LogP contribution in [0.5, 0.6) is 0 Å². The van der Waals surface area contributed by atoms with E-state index in [9.17, 15) is 9.59 Å². The van der Waals surface area contributed by atoms with Gasteiger partial charge in [0, 0.05) is 23.2 Å². The molecule has 0 spiro atoms. The molecule has 0 radical (unpaired) electrons. The van der Waals surface area contributed by atoms with Gasteiger partial charge in [0.25, 0.3) is 5.91 Å². The van der Waals surface area contributed by atoms with Gasteiger partial charge in [-0.3, -0.25) is 9.59 Å². The highest BCUT2D eigenvalue weighted by molar-refractivity contribution is 6.31. The van der Waals surface area contributed by atoms with Crippen LogP contribution in [0.25, 0.3) is 10.9 Å². The number of aromatic nitrogens is 1. The number of nitrogens with one attached hydrogen (secondary N) is 1. The van der Waals surface area contributed by atoms with E-state index in [-0.39, 0.29) is 22.9 Å². The number of hydrogen-bond donors (Lipinski definition) is 1. The number of aryl methyl sites for hydroxylation is 2. The first kappa shape index (κ1) is 17.8. The summed E-state index contributed by atoms with van der Waals surface area (Å²) in [6.07, 6.45) is 4.58. The molecular formula is C22H21ClN2O2. The number of pyridine rings is 1. The molecular weight excluding hydrogens is 360 g/mol. The number of carbonyl (C=O) groups excluding carboxylic acids is 1. The lowest BCUT2D eigenvalue weighted by Gasteiger charge is -2.26. The van der Waals surface area contributed by atoms with Crippen molar-refractivity contribution in [3.8, 4) is 0 Å². The average molecular weight is 381 g/mol. The van der Waals surface area contributed by atoms with Gasteiger partial charge in [0.05, 0.1) is 11.6 Å². The largest absolute Gasteiger partial charge is 0.347 e. The van der Waals surface area contributed by atoms with Gasteiger partial charge in [-0.2, -0.15) is 0 Å². The molecule has 0 unspecified atom stereocenters. The van der Waals surface area contributed by atoms with Gasteiger partial charge in [0.2, 0.25) is 5.43 Å². The fourth-order valence-corrected chi connectivity index (χ4v) is 4.11. The Labute approximate surface area is 162 Å². The topological polar surface area (TPSA) is 51.1 Å². The Morgan fingerprint density at radius 1 is 1.26 bits per heavy atom. The fourth-order valence-electron chi connectivity index (χ4n) is 3.93. The standard InChI is InChI=1S/C22H21ClN2O2/c1-2-25-13-18(21(26)17-12-15(23)10-11-20(17)25)22(27)24-19-9-5-7-14-6-3-4-8-16(14)19/h3-4,6,8,10-13,19H,2,5,7,9H2,1H3,(H,24,27)/t19-/m0/s1. The number of nitrogens with zero attached hydrogens (tertiary/aromatic N) is 1. The first-order valence-electron chi connectivity index (χ1n) is 9.30. The van der Waals surface area contributed by atoms with Gasteiger partial charge in [0.1, 0.15) is 5.56 Å². The van der Waals surface area contributed by atoms with Crippen molar-refractivity contribution >= 4 is 28.4 Å². The van der Waals surface area contributed by atoms with E-state index in [4.69, 9.17) is 11.6 Å². The van der Waals surface area contributed by atoms with Gasteiger partial charge >= 0.3 is 0 Å². The maximum Gasteiger partial charge on any atom is 0.257 e. The van der Waals surface area contributed by atoms with Crippen molar-refractivity contribution in [1.82, 2.24) is 9.88 Å². The Morgan fingerprint density at radius 2 is 2.07 bits per heavy atom. The second-order valence-corrected chi connectivity index (χ2v) is 7.37. The van der Waals surface area contributed by atoms with Crippen LogP contribution in [0.15, 0.2) is 53.5 Å². The maximum absolute atomic E-state index is 13.0. The van der Waals surface area contributed by atoms with Gasteiger partial charge in [-0.25, -0.2) is 0 Å². The molecule has 27 heavy (non-hydrogen) atoms. The third-order valence-electron chi connectivity index (χ3n) is 5.30. The van der Waals surface area contributed by atoms with Crippen molar-refractivity contribution in [2.75, 3.05) is 0 Å². The highest BCUT2D eigenvalue weighted by Gasteiger charge is 2.23. The first-order chi connectivity index (χ1) is 13.1. The summed E-state index contributed by atoms with van der Waals surface area (Å²) < 4.78 is 1.91. The number of fused-ring (bicyclic) bond motifs is 2. The molecule has 0 saturated carbocycles. The summed E-state index contributed by atoms with van der Waals surface area (Å²) in [6.45, 7) is 2.64. The predicted molar refractivity (Wildman–Crippen MR) is 108 cm³/mol. The monoisotopic (exact) mass is 380 g/mol. The molecule has 1 aliphatic rings. The maximum atomic E-state index is 13.0. The van der Waals surface area contributed by atoms with Gasteiger partial charge in [-0.15, -0.1) is 0 Å². The summed E-state index contributed by atoms with van der Waals surface area (Å²) in [5, 5.41) is 4.04. The van der Waals surface area contributed by atoms with Crippen molar-refractivity contribution in [2.45, 2.75) is 38.8 Å². The lowest BCUT2D eigenvalue weighted by molar-refractivity contribution is 0.0931. The Kier molecular flexibility index (Phi) is 4.75. The Bertz CT molecular complexity index is 1090. The van der Waals surface area contributed by atoms with Crippen LogP contribution in [0.1, 0.15) is 47.3 Å². The number of carbonyl (C=O) groups is 1. The molecule has 4 nitrogen and oxygen atoms in total. The van der Waals surface area contributed by atoms with E-state index >= 15 is 0 Å². The number of hydrogen-bond acceptors (Lipinski definition) is 2. The number of halogens is 1. The van der Waals surface area contributed by atoms with E-state index in [1.807, 2.05) is 29.7 Å². The number of rotatable bonds is 3. The molecule has 1 amide bonds. The third kappa shape index (κ3) is 3.26. The minimum Gasteiger partial charge on any atom is -0.347 e. The van der Waals surface area contributed by atoms with Gasteiger partial charge in [-0.05, 0) is 55.5 Å². The molecule has 138 valence electrons. The molecule has 1 atom stereocenters. The molecule has 4 rings (SSSR count). The normalized spacial score (nSPS) is 16.1. The van der Waals surface area contributed by atoms with Crippen molar-refractivity contribution in [1.29, 1.82) is 0 Å². The SMILES string of the molecule is CCn1cc(C(=O)N[C@H]2CCCc3ccccc32)c(=O)c2cc(Cl)ccc21. The van der Waals surface area contributed by atoms with E-state index in [1.165, 1.54) is 5.56 Å². The molecule has 0 bridgehead atoms. The molecule has 1 heterocycles. The average Bonchev–Trinajstić information content (AvgIpc) is 2.69. The molecule has 5 heteroatoms. The Morgan fingerprint density at radius 3 is 2.89 bits per heavy atom. The van der Waals surface area contributed by atoms with Gasteiger partial charge in [0.15, 0.2) is 0 Å². The van der Waals surface area contributed by atoms with Crippen LogP contribution in [0.4, 0.5) is 0 Å². The quantitative estimate of drug-likeness (QED) is 0.728. The van der Waals surface area contributed by atoms with Crippen molar-refractivity contribution in [3.63, 3.8) is 0 Å². The summed E-state index contributed by atoms with van der Waals surface area (Å²) in [6, 6.07) is 13.3. The highest BCUT2D eigenvalue weighted by Crippen LogP contribution is 2.29. The van der Waals surface area contributed by atoms with E-state index in [1.54, 1.807) is 18.3 Å². The molecule has 0 saturated heterocycles. The summed E-state index contributed by atoms with van der Waals surface area (Å²) in [5.41, 5.74) is 3.09. The first-order valence-corrected chi connectivity index (χ1v) is 9.67. The van der Waals surface area contributed by atoms with E-state index in [0.29, 0.717) is 17.0 Å². The minimum atomic E-state index is -0.328. The van der Waals surface area contributed by atoms with Crippen LogP contribution in [0, 0.1) is 0 Å². The molecule has 0 fully saturated rings. The number of amides is 1. The highest BCUT2D eigenvalue weighted by atomic mass is 35.5. The van der Waals surface area contributed by atoms with Gasteiger partial charge in [-0.1, -0.05) is 35.9 Å². The molecule has 0 aliphatic heterocycles. The molecule has 3 aromatic rings. The lowest BCUT2D eigenvalue weighted by atomic mass is 9.87. The smallest absolute Gasteiger partial charge is 0.257 e. The third-order valence-corrected chi connectivity index (χ3v) is 5.54. The van der Waals surface area contributed by atoms with Crippen LogP contribution in [-0.4, -0.2) is 10.5 Å². The summed E-state index contributed by atoms with van der Waals surface area (Å²) >= 11 is 6.08. The minimum absolute atomic E-state index is 0.0630. The zero-order valence-electron chi connectivity index (χ0n) is 15.2. The second-order valence-electron chi connectivity index (χ2n) is 6.94. The Hall–Kier alpha value is -2.59. The van der Waals surface area contributed by atoms with E-state index < -0.39 is 0 Å². The molecule has 2 aromatic carbocycles. The lowest BCUT2D eigenvalue weighted by Crippen LogP contribution is -2.34. The van der Waals surface area contributed by atoms with Crippen LogP contribution >= 0.6 is 11.6 Å². The van der Waals surface area contributed by atoms with E-state index in [2.05, 4.69) is 17.4 Å². The van der Waals surface area contributed by atoms with Crippen LogP contribution < -0.4 is 10.7 Å². The molecule has 1 aromatic heterocycles. The Balaban J connectivity index is 1.74. The summed E-state index contributed by atoms with van der Waals surface area (Å²) in [4.78, 5) is 25.9. The van der Waals surface area contributed by atoms with Crippen LogP contribution in [0.3, 0.4) is 0 Å². The number of benzene rings is 2. The van der Waals surface area contributed by atoms with Crippen molar-refractivity contribution in [3.05, 3.63) is 80.6 Å². The van der Waals surface area contributed by atoms with Crippen molar-refractivity contribution < 1.29 is 4.79 Å². The van der Waals surface area contributed by atoms with Gasteiger partial charge < -0.3 is 9.88 Å². The zero-order valence-corrected chi connectivity index (χ0v) is 15.9. The molecule has 1 aliphatic carbocycles.